The van der Waals surface area contributed by atoms with Gasteiger partial charge < -0.3 is 14.5 Å². The first-order valence-corrected chi connectivity index (χ1v) is 10.6. The van der Waals surface area contributed by atoms with Gasteiger partial charge in [-0.3, -0.25) is 4.57 Å². The van der Waals surface area contributed by atoms with Gasteiger partial charge in [-0.05, 0) is 18.2 Å². The SMILES string of the molecule is COc1ncccc1-c1cnn2ccc(N3CC4CN(C(=O)n5ccnc5)CC4C3)nc12. The van der Waals surface area contributed by atoms with Crippen LogP contribution in [0.25, 0.3) is 16.8 Å². The molecule has 0 radical (unpaired) electrons. The fourth-order valence-electron chi connectivity index (χ4n) is 4.86. The summed E-state index contributed by atoms with van der Waals surface area (Å²) in [6.07, 6.45) is 10.3. The van der Waals surface area contributed by atoms with E-state index in [-0.39, 0.29) is 6.03 Å². The summed E-state index contributed by atoms with van der Waals surface area (Å²) in [5.74, 6) is 2.34. The highest BCUT2D eigenvalue weighted by Gasteiger charge is 2.42. The number of ether oxygens (including phenoxy) is 1. The summed E-state index contributed by atoms with van der Waals surface area (Å²) >= 11 is 0. The zero-order chi connectivity index (χ0) is 21.7. The summed E-state index contributed by atoms with van der Waals surface area (Å²) in [4.78, 5) is 30.1. The zero-order valence-electron chi connectivity index (χ0n) is 17.6. The van der Waals surface area contributed by atoms with Crippen LogP contribution in [-0.2, 0) is 0 Å². The molecule has 32 heavy (non-hydrogen) atoms. The summed E-state index contributed by atoms with van der Waals surface area (Å²) in [5.41, 5.74) is 2.51. The second-order valence-electron chi connectivity index (χ2n) is 8.26. The maximum Gasteiger partial charge on any atom is 0.329 e. The molecule has 2 atom stereocenters. The summed E-state index contributed by atoms with van der Waals surface area (Å²) in [6, 6.07) is 5.84. The number of rotatable bonds is 3. The first-order valence-electron chi connectivity index (χ1n) is 10.6. The Balaban J connectivity index is 1.24. The lowest BCUT2D eigenvalue weighted by molar-refractivity contribution is 0.207. The Hall–Kier alpha value is -3.95. The van der Waals surface area contributed by atoms with E-state index >= 15 is 0 Å². The highest BCUT2D eigenvalue weighted by Crippen LogP contribution is 2.35. The molecule has 4 aromatic rings. The quantitative estimate of drug-likeness (QED) is 0.491. The van der Waals surface area contributed by atoms with Gasteiger partial charge in [0.25, 0.3) is 0 Å². The second-order valence-corrected chi connectivity index (χ2v) is 8.26. The Bertz CT molecular complexity index is 1270. The van der Waals surface area contributed by atoms with Gasteiger partial charge in [-0.1, -0.05) is 0 Å². The maximum atomic E-state index is 12.6. The number of hydrogen-bond acceptors (Lipinski definition) is 7. The van der Waals surface area contributed by atoms with E-state index in [1.165, 1.54) is 0 Å². The lowest BCUT2D eigenvalue weighted by Crippen LogP contribution is -2.35. The fraction of sp³-hybridized carbons (Fsp3) is 0.318. The number of hydrogen-bond donors (Lipinski definition) is 0. The summed E-state index contributed by atoms with van der Waals surface area (Å²) in [7, 11) is 1.61. The summed E-state index contributed by atoms with van der Waals surface area (Å²) < 4.78 is 8.75. The van der Waals surface area contributed by atoms with Crippen LogP contribution in [0, 0.1) is 11.8 Å². The fourth-order valence-corrected chi connectivity index (χ4v) is 4.86. The van der Waals surface area contributed by atoms with E-state index in [1.54, 1.807) is 47.3 Å². The minimum absolute atomic E-state index is 0.00249. The van der Waals surface area contributed by atoms with Crippen LogP contribution in [0.5, 0.6) is 5.88 Å². The third-order valence-corrected chi connectivity index (χ3v) is 6.42. The van der Waals surface area contributed by atoms with E-state index in [0.29, 0.717) is 17.7 Å². The van der Waals surface area contributed by atoms with Gasteiger partial charge in [0, 0.05) is 68.4 Å². The van der Waals surface area contributed by atoms with E-state index in [1.807, 2.05) is 29.3 Å². The molecule has 6 heterocycles. The van der Waals surface area contributed by atoms with Crippen LogP contribution in [0.3, 0.4) is 0 Å². The molecule has 0 aliphatic carbocycles. The topological polar surface area (TPSA) is 93.7 Å². The summed E-state index contributed by atoms with van der Waals surface area (Å²) in [5, 5.41) is 4.45. The number of pyridine rings is 1. The van der Waals surface area contributed by atoms with Crippen molar-refractivity contribution in [1.82, 2.24) is 34.0 Å². The average molecular weight is 430 g/mol. The Morgan fingerprint density at radius 2 is 1.91 bits per heavy atom. The van der Waals surface area contributed by atoms with E-state index in [9.17, 15) is 4.79 Å². The van der Waals surface area contributed by atoms with Crippen molar-refractivity contribution < 1.29 is 9.53 Å². The molecular weight excluding hydrogens is 408 g/mol. The Labute approximate surface area is 184 Å². The molecule has 2 fully saturated rings. The van der Waals surface area contributed by atoms with Crippen molar-refractivity contribution in [3.63, 3.8) is 0 Å². The molecule has 0 bridgehead atoms. The molecule has 162 valence electrons. The predicted molar refractivity (Wildman–Crippen MR) is 117 cm³/mol. The lowest BCUT2D eigenvalue weighted by atomic mass is 10.0. The average Bonchev–Trinajstić information content (AvgIpc) is 3.61. The smallest absolute Gasteiger partial charge is 0.329 e. The Kier molecular flexibility index (Phi) is 4.30. The minimum atomic E-state index is -0.00249. The van der Waals surface area contributed by atoms with Crippen molar-refractivity contribution in [3.8, 4) is 17.0 Å². The van der Waals surface area contributed by atoms with Gasteiger partial charge in [-0.25, -0.2) is 24.3 Å². The molecule has 0 aromatic carbocycles. The van der Waals surface area contributed by atoms with Crippen LogP contribution >= 0.6 is 0 Å². The molecule has 6 rings (SSSR count). The van der Waals surface area contributed by atoms with Crippen LogP contribution in [0.4, 0.5) is 10.6 Å². The van der Waals surface area contributed by atoms with Gasteiger partial charge in [-0.15, -0.1) is 0 Å². The number of aromatic nitrogens is 6. The monoisotopic (exact) mass is 430 g/mol. The first kappa shape index (κ1) is 18.8. The number of fused-ring (bicyclic) bond motifs is 2. The Morgan fingerprint density at radius 3 is 2.66 bits per heavy atom. The largest absolute Gasteiger partial charge is 0.481 e. The third kappa shape index (κ3) is 2.98. The minimum Gasteiger partial charge on any atom is -0.481 e. The van der Waals surface area contributed by atoms with E-state index in [2.05, 4.69) is 20.0 Å². The van der Waals surface area contributed by atoms with Crippen molar-refractivity contribution in [2.75, 3.05) is 38.2 Å². The van der Waals surface area contributed by atoms with Crippen molar-refractivity contribution in [2.24, 2.45) is 11.8 Å². The third-order valence-electron chi connectivity index (χ3n) is 6.42. The number of likely N-dealkylation sites (tertiary alicyclic amines) is 1. The molecule has 1 amide bonds. The molecule has 2 unspecified atom stereocenters. The van der Waals surface area contributed by atoms with Crippen molar-refractivity contribution in [1.29, 1.82) is 0 Å². The lowest BCUT2D eigenvalue weighted by Gasteiger charge is -2.22. The standard InChI is InChI=1S/C22H22N8O2/c1-32-21-17(3-2-5-24-21)18-9-25-30-7-4-19(26-20(18)30)28-10-15-12-29(13-16(15)11-28)22(31)27-8-6-23-14-27/h2-9,14-16H,10-13H2,1H3. The number of imidazole rings is 1. The van der Waals surface area contributed by atoms with Gasteiger partial charge in [0.05, 0.1) is 18.9 Å². The number of carbonyl (C=O) groups is 1. The number of amides is 1. The zero-order valence-corrected chi connectivity index (χ0v) is 17.6. The van der Waals surface area contributed by atoms with E-state index < -0.39 is 0 Å². The first-order chi connectivity index (χ1) is 15.7. The molecule has 10 heteroatoms. The molecule has 2 aliphatic heterocycles. The molecule has 2 saturated heterocycles. The van der Waals surface area contributed by atoms with Crippen molar-refractivity contribution in [3.05, 3.63) is 55.5 Å². The number of anilines is 1. The van der Waals surface area contributed by atoms with Crippen LogP contribution < -0.4 is 9.64 Å². The van der Waals surface area contributed by atoms with Crippen LogP contribution in [0.2, 0.25) is 0 Å². The molecule has 2 aliphatic rings. The summed E-state index contributed by atoms with van der Waals surface area (Å²) in [6.45, 7) is 3.26. The predicted octanol–water partition coefficient (Wildman–Crippen LogP) is 2.03. The van der Waals surface area contributed by atoms with Gasteiger partial charge >= 0.3 is 6.03 Å². The molecular formula is C22H22N8O2. The van der Waals surface area contributed by atoms with E-state index in [4.69, 9.17) is 9.72 Å². The van der Waals surface area contributed by atoms with Crippen molar-refractivity contribution >= 4 is 17.5 Å². The van der Waals surface area contributed by atoms with Gasteiger partial charge in [0.1, 0.15) is 12.1 Å². The highest BCUT2D eigenvalue weighted by atomic mass is 16.5. The van der Waals surface area contributed by atoms with Crippen molar-refractivity contribution in [2.45, 2.75) is 0 Å². The second kappa shape index (κ2) is 7.33. The normalized spacial score (nSPS) is 20.2. The Morgan fingerprint density at radius 1 is 1.06 bits per heavy atom. The number of carbonyl (C=O) groups excluding carboxylic acids is 1. The van der Waals surface area contributed by atoms with Gasteiger partial charge in [0.15, 0.2) is 5.65 Å². The number of nitrogens with zero attached hydrogens (tertiary/aromatic N) is 8. The van der Waals surface area contributed by atoms with Crippen LogP contribution in [-0.4, -0.2) is 73.4 Å². The molecule has 0 saturated carbocycles. The molecule has 4 aromatic heterocycles. The maximum absolute atomic E-state index is 12.6. The van der Waals surface area contributed by atoms with Gasteiger partial charge in [0.2, 0.25) is 5.88 Å². The highest BCUT2D eigenvalue weighted by molar-refractivity contribution is 5.80. The molecule has 10 nitrogen and oxygen atoms in total. The molecule has 0 spiro atoms. The van der Waals surface area contributed by atoms with E-state index in [0.717, 1.165) is 48.8 Å². The van der Waals surface area contributed by atoms with Crippen LogP contribution in [0.1, 0.15) is 0 Å². The van der Waals surface area contributed by atoms with Gasteiger partial charge in [-0.2, -0.15) is 5.10 Å². The van der Waals surface area contributed by atoms with Crippen LogP contribution in [0.15, 0.2) is 55.5 Å². The molecule has 0 N–H and O–H groups in total. The number of methoxy groups -OCH3 is 1.